The molecule has 1 N–H and O–H groups in total. The standard InChI is InChI=1S/C24H26N6O3/c31-22(15-33-23-13-29-8-6-25-21(29)14-32-23)30-7-5-20-18(12-30)11-26-24(28-20)27-19-9-16-3-1-2-4-17(16)10-19/h1-4,6,8,11,19,23H,5,7,9-10,12-15H2,(H,26,27,28). The SMILES string of the molecule is O=C(COC1Cn2ccnc2CO1)N1CCc2nc(NC3Cc4ccccc4C3)ncc2C1. The summed E-state index contributed by atoms with van der Waals surface area (Å²) in [5.41, 5.74) is 4.80. The molecule has 0 spiro atoms. The molecular weight excluding hydrogens is 420 g/mol. The average molecular weight is 447 g/mol. The molecule has 0 saturated heterocycles. The normalized spacial score (nSPS) is 19.6. The van der Waals surface area contributed by atoms with E-state index in [-0.39, 0.29) is 12.5 Å². The highest BCUT2D eigenvalue weighted by Crippen LogP contribution is 2.24. The molecule has 1 aromatic carbocycles. The Kier molecular flexibility index (Phi) is 5.27. The summed E-state index contributed by atoms with van der Waals surface area (Å²) in [5.74, 6) is 1.50. The van der Waals surface area contributed by atoms with Gasteiger partial charge in [0.05, 0.1) is 12.2 Å². The molecule has 33 heavy (non-hydrogen) atoms. The fourth-order valence-corrected chi connectivity index (χ4v) is 4.83. The highest BCUT2D eigenvalue weighted by Gasteiger charge is 2.26. The van der Waals surface area contributed by atoms with Crippen LogP contribution in [-0.2, 0) is 53.2 Å². The number of ether oxygens (including phenoxy) is 2. The first-order valence-corrected chi connectivity index (χ1v) is 11.4. The van der Waals surface area contributed by atoms with E-state index in [9.17, 15) is 4.79 Å². The number of hydrogen-bond donors (Lipinski definition) is 1. The van der Waals surface area contributed by atoms with E-state index in [1.165, 1.54) is 11.1 Å². The van der Waals surface area contributed by atoms with Gasteiger partial charge in [0.1, 0.15) is 19.0 Å². The molecule has 2 aromatic heterocycles. The van der Waals surface area contributed by atoms with E-state index in [0.29, 0.717) is 44.7 Å². The van der Waals surface area contributed by atoms with Crippen LogP contribution in [0.25, 0.3) is 0 Å². The van der Waals surface area contributed by atoms with Gasteiger partial charge in [-0.2, -0.15) is 0 Å². The van der Waals surface area contributed by atoms with Crippen LogP contribution < -0.4 is 5.32 Å². The maximum absolute atomic E-state index is 12.7. The van der Waals surface area contributed by atoms with Crippen molar-refractivity contribution in [2.45, 2.75) is 51.3 Å². The Morgan fingerprint density at radius 3 is 2.88 bits per heavy atom. The van der Waals surface area contributed by atoms with Gasteiger partial charge in [-0.1, -0.05) is 24.3 Å². The molecule has 6 rings (SSSR count). The maximum atomic E-state index is 12.7. The van der Waals surface area contributed by atoms with E-state index in [4.69, 9.17) is 14.5 Å². The first-order valence-electron chi connectivity index (χ1n) is 11.4. The highest BCUT2D eigenvalue weighted by atomic mass is 16.7. The number of carbonyl (C=O) groups excluding carboxylic acids is 1. The quantitative estimate of drug-likeness (QED) is 0.638. The Morgan fingerprint density at radius 1 is 1.18 bits per heavy atom. The zero-order valence-corrected chi connectivity index (χ0v) is 18.3. The molecule has 9 nitrogen and oxygen atoms in total. The molecule has 3 aromatic rings. The number of imidazole rings is 1. The van der Waals surface area contributed by atoms with Gasteiger partial charge in [-0.05, 0) is 24.0 Å². The summed E-state index contributed by atoms with van der Waals surface area (Å²) in [6, 6.07) is 8.88. The zero-order chi connectivity index (χ0) is 22.2. The number of amides is 1. The minimum absolute atomic E-state index is 0.00718. The first kappa shape index (κ1) is 20.3. The van der Waals surface area contributed by atoms with Crippen LogP contribution in [-0.4, -0.2) is 55.8 Å². The largest absolute Gasteiger partial charge is 0.351 e. The molecule has 9 heteroatoms. The highest BCUT2D eigenvalue weighted by molar-refractivity contribution is 5.77. The lowest BCUT2D eigenvalue weighted by atomic mass is 10.1. The summed E-state index contributed by atoms with van der Waals surface area (Å²) in [4.78, 5) is 28.0. The van der Waals surface area contributed by atoms with E-state index < -0.39 is 6.29 Å². The van der Waals surface area contributed by atoms with Gasteiger partial charge in [0.15, 0.2) is 6.29 Å². The number of aromatic nitrogens is 4. The Balaban J connectivity index is 1.02. The molecule has 0 bridgehead atoms. The van der Waals surface area contributed by atoms with Gasteiger partial charge in [-0.15, -0.1) is 0 Å². The van der Waals surface area contributed by atoms with Gasteiger partial charge in [-0.25, -0.2) is 15.0 Å². The van der Waals surface area contributed by atoms with Gasteiger partial charge in [0.2, 0.25) is 11.9 Å². The van der Waals surface area contributed by atoms with Gasteiger partial charge in [0, 0.05) is 49.7 Å². The molecule has 3 aliphatic rings. The van der Waals surface area contributed by atoms with Crippen molar-refractivity contribution in [1.82, 2.24) is 24.4 Å². The van der Waals surface area contributed by atoms with Crippen molar-refractivity contribution < 1.29 is 14.3 Å². The van der Waals surface area contributed by atoms with Crippen molar-refractivity contribution in [2.24, 2.45) is 0 Å². The maximum Gasteiger partial charge on any atom is 0.249 e. The Morgan fingerprint density at radius 2 is 2.03 bits per heavy atom. The Hall–Kier alpha value is -3.30. The molecule has 1 aliphatic carbocycles. The second-order valence-electron chi connectivity index (χ2n) is 8.80. The smallest absolute Gasteiger partial charge is 0.249 e. The van der Waals surface area contributed by atoms with Gasteiger partial charge >= 0.3 is 0 Å². The third-order valence-electron chi connectivity index (χ3n) is 6.61. The van der Waals surface area contributed by atoms with Crippen molar-refractivity contribution in [2.75, 3.05) is 18.5 Å². The van der Waals surface area contributed by atoms with Crippen molar-refractivity contribution in [3.63, 3.8) is 0 Å². The van der Waals surface area contributed by atoms with E-state index in [0.717, 1.165) is 29.9 Å². The molecule has 0 saturated carbocycles. The van der Waals surface area contributed by atoms with E-state index in [1.54, 1.807) is 11.1 Å². The number of fused-ring (bicyclic) bond motifs is 3. The zero-order valence-electron chi connectivity index (χ0n) is 18.3. The molecule has 1 atom stereocenters. The van der Waals surface area contributed by atoms with Gasteiger partial charge in [0.25, 0.3) is 0 Å². The Labute approximate surface area is 191 Å². The predicted octanol–water partition coefficient (Wildman–Crippen LogP) is 1.71. The molecule has 0 radical (unpaired) electrons. The number of rotatable bonds is 5. The van der Waals surface area contributed by atoms with Crippen molar-refractivity contribution in [1.29, 1.82) is 0 Å². The second kappa shape index (κ2) is 8.57. The lowest BCUT2D eigenvalue weighted by Gasteiger charge is -2.29. The number of nitrogens with one attached hydrogen (secondary N) is 1. The monoisotopic (exact) mass is 446 g/mol. The fourth-order valence-electron chi connectivity index (χ4n) is 4.83. The molecule has 1 unspecified atom stereocenters. The predicted molar refractivity (Wildman–Crippen MR) is 119 cm³/mol. The van der Waals surface area contributed by atoms with Crippen LogP contribution in [0.1, 0.15) is 28.2 Å². The van der Waals surface area contributed by atoms with Crippen LogP contribution in [0, 0.1) is 0 Å². The second-order valence-corrected chi connectivity index (χ2v) is 8.80. The summed E-state index contributed by atoms with van der Waals surface area (Å²) in [7, 11) is 0. The Bertz CT molecular complexity index is 1150. The summed E-state index contributed by atoms with van der Waals surface area (Å²) in [6.07, 6.45) is 7.74. The topological polar surface area (TPSA) is 94.4 Å². The summed E-state index contributed by atoms with van der Waals surface area (Å²) in [6.45, 7) is 2.05. The van der Waals surface area contributed by atoms with Gasteiger partial charge in [-0.3, -0.25) is 4.79 Å². The number of nitrogens with zero attached hydrogens (tertiary/aromatic N) is 5. The number of benzene rings is 1. The lowest BCUT2D eigenvalue weighted by molar-refractivity contribution is -0.181. The molecule has 0 fully saturated rings. The molecule has 4 heterocycles. The number of carbonyl (C=O) groups is 1. The van der Waals surface area contributed by atoms with Crippen molar-refractivity contribution in [3.05, 3.63) is 71.1 Å². The molecule has 2 aliphatic heterocycles. The summed E-state index contributed by atoms with van der Waals surface area (Å²) >= 11 is 0. The van der Waals surface area contributed by atoms with Crippen LogP contribution >= 0.6 is 0 Å². The summed E-state index contributed by atoms with van der Waals surface area (Å²) < 4.78 is 13.4. The lowest BCUT2D eigenvalue weighted by Crippen LogP contribution is -2.40. The van der Waals surface area contributed by atoms with Crippen LogP contribution in [0.4, 0.5) is 5.95 Å². The van der Waals surface area contributed by atoms with Crippen molar-refractivity contribution >= 4 is 11.9 Å². The average Bonchev–Trinajstić information content (AvgIpc) is 3.48. The van der Waals surface area contributed by atoms with E-state index in [2.05, 4.69) is 39.6 Å². The third kappa shape index (κ3) is 4.21. The molecular formula is C24H26N6O3. The van der Waals surface area contributed by atoms with Crippen LogP contribution in [0.15, 0.2) is 42.9 Å². The van der Waals surface area contributed by atoms with Crippen molar-refractivity contribution in [3.8, 4) is 0 Å². The van der Waals surface area contributed by atoms with E-state index in [1.807, 2.05) is 17.0 Å². The minimum atomic E-state index is -0.439. The van der Waals surface area contributed by atoms with Crippen LogP contribution in [0.2, 0.25) is 0 Å². The molecule has 1 amide bonds. The van der Waals surface area contributed by atoms with E-state index >= 15 is 0 Å². The number of hydrogen-bond acceptors (Lipinski definition) is 7. The van der Waals surface area contributed by atoms with Gasteiger partial charge < -0.3 is 24.3 Å². The van der Waals surface area contributed by atoms with Crippen LogP contribution in [0.3, 0.4) is 0 Å². The number of anilines is 1. The first-order chi connectivity index (χ1) is 16.2. The third-order valence-corrected chi connectivity index (χ3v) is 6.61. The minimum Gasteiger partial charge on any atom is -0.351 e. The summed E-state index contributed by atoms with van der Waals surface area (Å²) in [5, 5.41) is 3.49. The fraction of sp³-hybridized carbons (Fsp3) is 0.417. The molecule has 170 valence electrons. The van der Waals surface area contributed by atoms with Crippen LogP contribution in [0.5, 0.6) is 0 Å².